The Morgan fingerprint density at radius 1 is 1.71 bits per heavy atom. The van der Waals surface area contributed by atoms with Crippen LogP contribution in [0, 0.1) is 0 Å². The Hall–Kier alpha value is 0.920. The zero-order valence-electron chi connectivity index (χ0n) is 5.14. The number of aliphatic hydroxyl groups excluding tert-OH is 1. The molecule has 38 valence electrons. The molecular formula is C4H10NaO2+. The Bertz CT molecular complexity index is 30.9. The van der Waals surface area contributed by atoms with E-state index >= 15 is 0 Å². The van der Waals surface area contributed by atoms with E-state index in [4.69, 9.17) is 5.11 Å². The summed E-state index contributed by atoms with van der Waals surface area (Å²) in [6.45, 7) is 4.01. The van der Waals surface area contributed by atoms with E-state index in [1.165, 1.54) is 0 Å². The first-order valence-electron chi connectivity index (χ1n) is 2.07. The number of hydrogen-bond donors (Lipinski definition) is 1. The van der Waals surface area contributed by atoms with Crippen LogP contribution in [0.15, 0.2) is 0 Å². The largest absolute Gasteiger partial charge is 1.00 e. The monoisotopic (exact) mass is 113 g/mol. The summed E-state index contributed by atoms with van der Waals surface area (Å²) in [5, 5.41) is 8.33. The molecule has 0 aliphatic heterocycles. The number of aliphatic hydroxyl groups is 1. The first-order valence-corrected chi connectivity index (χ1v) is 2.07. The predicted octanol–water partition coefficient (Wildman–Crippen LogP) is -2.63. The zero-order chi connectivity index (χ0) is 4.99. The molecule has 1 N–H and O–H groups in total. The van der Waals surface area contributed by atoms with Crippen molar-refractivity contribution in [3.05, 3.63) is 0 Å². The van der Waals surface area contributed by atoms with Crippen molar-refractivity contribution in [3.8, 4) is 0 Å². The van der Waals surface area contributed by atoms with Crippen LogP contribution in [0.25, 0.3) is 0 Å². The zero-order valence-corrected chi connectivity index (χ0v) is 7.14. The third kappa shape index (κ3) is 10.9. The maximum atomic E-state index is 8.33. The Balaban J connectivity index is 0. The number of hydrogen-bond acceptors (Lipinski definition) is 2. The Morgan fingerprint density at radius 2 is 2.14 bits per heavy atom. The molecule has 0 aliphatic carbocycles. The second-order valence-electron chi connectivity index (χ2n) is 1.05. The molecule has 0 aromatic heterocycles. The molecule has 0 fully saturated rings. The first kappa shape index (κ1) is 10.8. The quantitative estimate of drug-likeness (QED) is 0.313. The van der Waals surface area contributed by atoms with Gasteiger partial charge in [-0.3, -0.25) is 0 Å². The van der Waals surface area contributed by atoms with Crippen LogP contribution in [-0.2, 0) is 4.74 Å². The SMILES string of the molecule is CCOC(C)O.[Na+]. The number of ether oxygens (including phenoxy) is 1. The van der Waals surface area contributed by atoms with Crippen LogP contribution < -0.4 is 29.6 Å². The van der Waals surface area contributed by atoms with Gasteiger partial charge in [-0.1, -0.05) is 0 Å². The summed E-state index contributed by atoms with van der Waals surface area (Å²) in [6.07, 6.45) is -0.602. The maximum Gasteiger partial charge on any atom is 1.00 e. The molecule has 0 aromatic carbocycles. The standard InChI is InChI=1S/C4H10O2.Na/c1-3-6-4(2)5;/h4-5H,3H2,1-2H3;/q;+1. The van der Waals surface area contributed by atoms with E-state index in [2.05, 4.69) is 4.74 Å². The van der Waals surface area contributed by atoms with Crippen molar-refractivity contribution in [2.45, 2.75) is 20.1 Å². The molecule has 0 aliphatic rings. The van der Waals surface area contributed by atoms with Gasteiger partial charge in [-0.2, -0.15) is 0 Å². The normalized spacial score (nSPS) is 12.4. The van der Waals surface area contributed by atoms with Crippen molar-refractivity contribution in [3.63, 3.8) is 0 Å². The average Bonchev–Trinajstić information content (AvgIpc) is 1.35. The van der Waals surface area contributed by atoms with Crippen LogP contribution in [0.1, 0.15) is 13.8 Å². The molecule has 0 saturated carbocycles. The molecular weight excluding hydrogens is 103 g/mol. The second-order valence-corrected chi connectivity index (χ2v) is 1.05. The summed E-state index contributed by atoms with van der Waals surface area (Å²) >= 11 is 0. The fourth-order valence-corrected chi connectivity index (χ4v) is 0.241. The first-order chi connectivity index (χ1) is 2.77. The molecule has 0 aromatic rings. The van der Waals surface area contributed by atoms with Gasteiger partial charge in [0.1, 0.15) is 0 Å². The summed E-state index contributed by atoms with van der Waals surface area (Å²) < 4.78 is 4.60. The summed E-state index contributed by atoms with van der Waals surface area (Å²) in [7, 11) is 0. The van der Waals surface area contributed by atoms with Crippen LogP contribution in [0.5, 0.6) is 0 Å². The van der Waals surface area contributed by atoms with Crippen LogP contribution in [0.2, 0.25) is 0 Å². The van der Waals surface area contributed by atoms with Gasteiger partial charge < -0.3 is 9.84 Å². The molecule has 0 amide bonds. The molecule has 0 radical (unpaired) electrons. The van der Waals surface area contributed by atoms with Gasteiger partial charge >= 0.3 is 29.6 Å². The van der Waals surface area contributed by atoms with Gasteiger partial charge in [0.25, 0.3) is 0 Å². The summed E-state index contributed by atoms with van der Waals surface area (Å²) in [5.41, 5.74) is 0. The van der Waals surface area contributed by atoms with Gasteiger partial charge in [-0.05, 0) is 13.8 Å². The Labute approximate surface area is 66.2 Å². The van der Waals surface area contributed by atoms with E-state index in [9.17, 15) is 0 Å². The van der Waals surface area contributed by atoms with Crippen molar-refractivity contribution in [1.82, 2.24) is 0 Å². The van der Waals surface area contributed by atoms with E-state index in [0.29, 0.717) is 6.61 Å². The van der Waals surface area contributed by atoms with E-state index in [1.54, 1.807) is 6.92 Å². The van der Waals surface area contributed by atoms with Gasteiger partial charge in [0.2, 0.25) is 0 Å². The maximum absolute atomic E-state index is 8.33. The van der Waals surface area contributed by atoms with E-state index in [1.807, 2.05) is 6.92 Å². The fourth-order valence-electron chi connectivity index (χ4n) is 0.241. The van der Waals surface area contributed by atoms with Crippen LogP contribution in [-0.4, -0.2) is 18.0 Å². The van der Waals surface area contributed by atoms with E-state index in [-0.39, 0.29) is 29.6 Å². The van der Waals surface area contributed by atoms with Crippen molar-refractivity contribution < 1.29 is 39.4 Å². The summed E-state index contributed by atoms with van der Waals surface area (Å²) in [5.74, 6) is 0. The van der Waals surface area contributed by atoms with Crippen LogP contribution >= 0.6 is 0 Å². The van der Waals surface area contributed by atoms with Gasteiger partial charge in [0.05, 0.1) is 0 Å². The third-order valence-corrected chi connectivity index (χ3v) is 0.408. The molecule has 0 spiro atoms. The predicted molar refractivity (Wildman–Crippen MR) is 23.3 cm³/mol. The van der Waals surface area contributed by atoms with Crippen LogP contribution in [0.4, 0.5) is 0 Å². The third-order valence-electron chi connectivity index (χ3n) is 0.408. The fraction of sp³-hybridized carbons (Fsp3) is 1.00. The average molecular weight is 113 g/mol. The minimum atomic E-state index is -0.602. The molecule has 0 bridgehead atoms. The van der Waals surface area contributed by atoms with Crippen LogP contribution in [0.3, 0.4) is 0 Å². The Morgan fingerprint density at radius 3 is 2.14 bits per heavy atom. The van der Waals surface area contributed by atoms with Crippen molar-refractivity contribution in [1.29, 1.82) is 0 Å². The van der Waals surface area contributed by atoms with Gasteiger partial charge in [-0.15, -0.1) is 0 Å². The second kappa shape index (κ2) is 6.92. The van der Waals surface area contributed by atoms with Gasteiger partial charge in [0, 0.05) is 6.61 Å². The van der Waals surface area contributed by atoms with Crippen molar-refractivity contribution in [2.75, 3.05) is 6.61 Å². The Kier molecular flexibility index (Phi) is 10.7. The molecule has 1 atom stereocenters. The minimum absolute atomic E-state index is 0. The molecule has 0 heterocycles. The minimum Gasteiger partial charge on any atom is -0.368 e. The number of rotatable bonds is 2. The molecule has 0 rings (SSSR count). The molecule has 3 heteroatoms. The van der Waals surface area contributed by atoms with E-state index < -0.39 is 6.29 Å². The smallest absolute Gasteiger partial charge is 0.368 e. The molecule has 7 heavy (non-hydrogen) atoms. The van der Waals surface area contributed by atoms with Crippen molar-refractivity contribution >= 4 is 0 Å². The molecule has 0 saturated heterocycles. The topological polar surface area (TPSA) is 29.5 Å². The summed E-state index contributed by atoms with van der Waals surface area (Å²) in [6, 6.07) is 0. The molecule has 1 unspecified atom stereocenters. The molecule has 2 nitrogen and oxygen atoms in total. The van der Waals surface area contributed by atoms with Gasteiger partial charge in [0.15, 0.2) is 6.29 Å². The van der Waals surface area contributed by atoms with Gasteiger partial charge in [-0.25, -0.2) is 0 Å². The van der Waals surface area contributed by atoms with Crippen molar-refractivity contribution in [2.24, 2.45) is 0 Å². The van der Waals surface area contributed by atoms with E-state index in [0.717, 1.165) is 0 Å². The summed E-state index contributed by atoms with van der Waals surface area (Å²) in [4.78, 5) is 0.